The highest BCUT2D eigenvalue weighted by atomic mass is 79.9. The largest absolute Gasteiger partial charge is 0.491 e. The lowest BCUT2D eigenvalue weighted by atomic mass is 10.3. The lowest BCUT2D eigenvalue weighted by Crippen LogP contribution is -2.20. The van der Waals surface area contributed by atoms with Crippen molar-refractivity contribution in [2.24, 2.45) is 0 Å². The third-order valence-corrected chi connectivity index (χ3v) is 6.00. The van der Waals surface area contributed by atoms with Gasteiger partial charge in [-0.05, 0) is 24.0 Å². The van der Waals surface area contributed by atoms with E-state index in [1.807, 2.05) is 24.3 Å². The number of ether oxygens (including phenoxy) is 1. The van der Waals surface area contributed by atoms with Crippen molar-refractivity contribution in [2.45, 2.75) is 21.7 Å². The molecule has 0 saturated carbocycles. The highest BCUT2D eigenvalue weighted by Crippen LogP contribution is 2.28. The number of aromatic nitrogens is 2. The predicted molar refractivity (Wildman–Crippen MR) is 92.7 cm³/mol. The monoisotopic (exact) mass is 406 g/mol. The van der Waals surface area contributed by atoms with Gasteiger partial charge in [0.15, 0.2) is 8.68 Å². The molecule has 114 valence electrons. The zero-order valence-electron chi connectivity index (χ0n) is 11.4. The van der Waals surface area contributed by atoms with E-state index in [0.717, 1.165) is 24.7 Å². The van der Waals surface area contributed by atoms with Crippen LogP contribution in [0.2, 0.25) is 0 Å². The first-order chi connectivity index (χ1) is 10.2. The average Bonchev–Trinajstić information content (AvgIpc) is 2.91. The van der Waals surface area contributed by atoms with Crippen LogP contribution in [-0.4, -0.2) is 39.5 Å². The molecule has 0 spiro atoms. The molecule has 0 aliphatic heterocycles. The van der Waals surface area contributed by atoms with Crippen molar-refractivity contribution in [1.82, 2.24) is 10.2 Å². The summed E-state index contributed by atoms with van der Waals surface area (Å²) in [5, 5.41) is 18.1. The number of aliphatic hydroxyl groups is 1. The maximum Gasteiger partial charge on any atom is 0.175 e. The molecule has 2 rings (SSSR count). The fourth-order valence-corrected chi connectivity index (χ4v) is 4.63. The van der Waals surface area contributed by atoms with Gasteiger partial charge in [-0.3, -0.25) is 0 Å². The third-order valence-electron chi connectivity index (χ3n) is 2.29. The molecule has 0 aliphatic rings. The van der Waals surface area contributed by atoms with E-state index in [2.05, 4.69) is 33.1 Å². The van der Waals surface area contributed by atoms with E-state index in [0.29, 0.717) is 5.75 Å². The first-order valence-corrected chi connectivity index (χ1v) is 9.91. The van der Waals surface area contributed by atoms with Crippen molar-refractivity contribution in [1.29, 1.82) is 0 Å². The molecule has 0 amide bonds. The second kappa shape index (κ2) is 8.99. The normalized spacial score (nSPS) is 12.3. The van der Waals surface area contributed by atoms with Crippen molar-refractivity contribution in [3.05, 3.63) is 28.7 Å². The molecule has 1 atom stereocenters. The summed E-state index contributed by atoms with van der Waals surface area (Å²) in [5.41, 5.74) is 0. The zero-order valence-corrected chi connectivity index (χ0v) is 15.4. The second-order valence-corrected chi connectivity index (χ2v) is 8.67. The highest BCUT2D eigenvalue weighted by Gasteiger charge is 2.10. The quantitative estimate of drug-likeness (QED) is 0.669. The summed E-state index contributed by atoms with van der Waals surface area (Å²) in [6.45, 7) is 2.35. The first kappa shape index (κ1) is 17.1. The van der Waals surface area contributed by atoms with Crippen LogP contribution in [0.4, 0.5) is 0 Å². The first-order valence-electron chi connectivity index (χ1n) is 6.33. The summed E-state index contributed by atoms with van der Waals surface area (Å²) in [6, 6.07) is 7.57. The summed E-state index contributed by atoms with van der Waals surface area (Å²) in [6.07, 6.45) is -0.542. The number of hydrogen-bond donors (Lipinski definition) is 1. The molecule has 1 aromatic heterocycles. The number of rotatable bonds is 8. The molecule has 8 heteroatoms. The summed E-state index contributed by atoms with van der Waals surface area (Å²) in [4.78, 5) is 0. The molecule has 0 bridgehead atoms. The molecular weight excluding hydrogens is 392 g/mol. The molecule has 0 saturated heterocycles. The van der Waals surface area contributed by atoms with E-state index >= 15 is 0 Å². The Kier molecular flexibility index (Phi) is 7.31. The number of aliphatic hydroxyl groups excluding tert-OH is 1. The summed E-state index contributed by atoms with van der Waals surface area (Å²) >= 11 is 8.13. The van der Waals surface area contributed by atoms with Crippen molar-refractivity contribution < 1.29 is 9.84 Å². The van der Waals surface area contributed by atoms with E-state index in [4.69, 9.17) is 4.74 Å². The molecule has 1 aromatic carbocycles. The van der Waals surface area contributed by atoms with Crippen LogP contribution in [0.3, 0.4) is 0 Å². The smallest absolute Gasteiger partial charge is 0.175 e. The molecule has 0 radical (unpaired) electrons. The Morgan fingerprint density at radius 1 is 1.33 bits per heavy atom. The van der Waals surface area contributed by atoms with Crippen LogP contribution in [0.5, 0.6) is 5.75 Å². The lowest BCUT2D eigenvalue weighted by molar-refractivity contribution is 0.126. The van der Waals surface area contributed by atoms with E-state index in [9.17, 15) is 5.11 Å². The van der Waals surface area contributed by atoms with Gasteiger partial charge in [-0.15, -0.1) is 10.2 Å². The highest BCUT2D eigenvalue weighted by molar-refractivity contribution is 9.10. The fraction of sp³-hybridized carbons (Fsp3) is 0.385. The Morgan fingerprint density at radius 3 is 2.81 bits per heavy atom. The summed E-state index contributed by atoms with van der Waals surface area (Å²) in [7, 11) is 0. The Balaban J connectivity index is 1.72. The second-order valence-electron chi connectivity index (χ2n) is 4.00. The van der Waals surface area contributed by atoms with Crippen molar-refractivity contribution in [2.75, 3.05) is 18.1 Å². The lowest BCUT2D eigenvalue weighted by Gasteiger charge is -2.11. The van der Waals surface area contributed by atoms with Gasteiger partial charge in [0.1, 0.15) is 12.4 Å². The van der Waals surface area contributed by atoms with E-state index in [-0.39, 0.29) is 6.61 Å². The van der Waals surface area contributed by atoms with Crippen LogP contribution in [0.1, 0.15) is 6.92 Å². The molecule has 4 nitrogen and oxygen atoms in total. The molecule has 0 fully saturated rings. The number of hydrogen-bond acceptors (Lipinski definition) is 7. The third kappa shape index (κ3) is 6.15. The minimum atomic E-state index is -0.542. The molecule has 0 aliphatic carbocycles. The SMILES string of the molecule is CCSc1nnc(SCC(O)COc2cccc(Br)c2)s1. The summed E-state index contributed by atoms with van der Waals surface area (Å²) < 4.78 is 8.36. The maximum absolute atomic E-state index is 9.94. The Bertz CT molecular complexity index is 568. The molecule has 21 heavy (non-hydrogen) atoms. The van der Waals surface area contributed by atoms with Gasteiger partial charge in [-0.1, -0.05) is 63.8 Å². The van der Waals surface area contributed by atoms with Crippen LogP contribution in [0.15, 0.2) is 37.4 Å². The number of thioether (sulfide) groups is 2. The van der Waals surface area contributed by atoms with Gasteiger partial charge in [0, 0.05) is 10.2 Å². The number of nitrogens with zero attached hydrogens (tertiary/aromatic N) is 2. The van der Waals surface area contributed by atoms with Crippen LogP contribution in [-0.2, 0) is 0 Å². The Hall–Kier alpha value is -0.280. The number of halogens is 1. The standard InChI is InChI=1S/C13H15BrN2O2S3/c1-2-19-12-15-16-13(21-12)20-8-10(17)7-18-11-5-3-4-9(14)6-11/h3-6,10,17H,2,7-8H2,1H3. The van der Waals surface area contributed by atoms with Crippen molar-refractivity contribution in [3.8, 4) is 5.75 Å². The average molecular weight is 407 g/mol. The van der Waals surface area contributed by atoms with Gasteiger partial charge in [0.2, 0.25) is 0 Å². The predicted octanol–water partition coefficient (Wildman–Crippen LogP) is 3.94. The molecular formula is C13H15BrN2O2S3. The molecule has 1 heterocycles. The van der Waals surface area contributed by atoms with Crippen LogP contribution in [0.25, 0.3) is 0 Å². The zero-order chi connectivity index (χ0) is 15.1. The van der Waals surface area contributed by atoms with E-state index < -0.39 is 6.10 Å². The maximum atomic E-state index is 9.94. The summed E-state index contributed by atoms with van der Waals surface area (Å²) in [5.74, 6) is 2.27. The van der Waals surface area contributed by atoms with Gasteiger partial charge in [-0.25, -0.2) is 0 Å². The van der Waals surface area contributed by atoms with Gasteiger partial charge in [0.25, 0.3) is 0 Å². The van der Waals surface area contributed by atoms with Gasteiger partial charge >= 0.3 is 0 Å². The van der Waals surface area contributed by atoms with Crippen LogP contribution < -0.4 is 4.74 Å². The minimum absolute atomic E-state index is 0.263. The van der Waals surface area contributed by atoms with Crippen LogP contribution in [0, 0.1) is 0 Å². The Labute approximate surface area is 144 Å². The number of benzene rings is 1. The topological polar surface area (TPSA) is 55.2 Å². The molecule has 1 N–H and O–H groups in total. The minimum Gasteiger partial charge on any atom is -0.491 e. The van der Waals surface area contributed by atoms with E-state index in [1.54, 1.807) is 23.1 Å². The van der Waals surface area contributed by atoms with Crippen LogP contribution >= 0.6 is 50.8 Å². The molecule has 2 aromatic rings. The van der Waals surface area contributed by atoms with Crippen molar-refractivity contribution >= 4 is 50.8 Å². The van der Waals surface area contributed by atoms with Gasteiger partial charge in [0.05, 0.1) is 6.10 Å². The van der Waals surface area contributed by atoms with Gasteiger partial charge < -0.3 is 9.84 Å². The molecule has 1 unspecified atom stereocenters. The van der Waals surface area contributed by atoms with Gasteiger partial charge in [-0.2, -0.15) is 0 Å². The fourth-order valence-electron chi connectivity index (χ4n) is 1.40. The van der Waals surface area contributed by atoms with E-state index in [1.165, 1.54) is 11.8 Å². The van der Waals surface area contributed by atoms with Crippen molar-refractivity contribution in [3.63, 3.8) is 0 Å². The Morgan fingerprint density at radius 2 is 2.10 bits per heavy atom.